The fourth-order valence-electron chi connectivity index (χ4n) is 11.1. The molecule has 5 heterocycles. The first kappa shape index (κ1) is 74.2. The molecule has 1 saturated heterocycles. The SMILES string of the molecule is C.CC[C@@H](Nc1cc(F)c(C(=O)N[C@@H](Cc2ccc(-c3c(C(F)(F)F)c4c(n(C)c3=O)CCC4)c3ncccc23)C(=O)O)c(F)c1)C(F)(F)F.Cn1c2c(c(C(F)(F)F)c(I)c1=O)CCC2.Cn1c2c(c(C(F)(F)F)cc1=O)CCC2.[CH-]1CCCCO1.[Li][Mg+]. The van der Waals surface area contributed by atoms with E-state index in [-0.39, 0.29) is 45.0 Å². The second-order valence-electron chi connectivity index (χ2n) is 20.7. The number of benzene rings is 2. The first-order valence-corrected chi connectivity index (χ1v) is 30.1. The van der Waals surface area contributed by atoms with Crippen molar-refractivity contribution in [2.45, 2.75) is 141 Å². The van der Waals surface area contributed by atoms with E-state index >= 15 is 0 Å². The molecule has 2 atom stereocenters. The van der Waals surface area contributed by atoms with Crippen LogP contribution in [0.15, 0.2) is 63.0 Å². The second-order valence-corrected chi connectivity index (χ2v) is 21.8. The second kappa shape index (κ2) is 30.8. The summed E-state index contributed by atoms with van der Waals surface area (Å²) in [5.74, 6) is -6.28. The molecule has 1 amide bonds. The first-order chi connectivity index (χ1) is 41.2. The van der Waals surface area contributed by atoms with Crippen LogP contribution < -0.4 is 27.3 Å². The van der Waals surface area contributed by atoms with Crippen molar-refractivity contribution in [3.05, 3.63) is 163 Å². The van der Waals surface area contributed by atoms with Crippen molar-refractivity contribution in [3.63, 3.8) is 0 Å². The number of rotatable bonds is 9. The van der Waals surface area contributed by atoms with E-state index in [9.17, 15) is 90.5 Å². The molecule has 3 N–H and O–H groups in total. The molecule has 0 spiro atoms. The molecule has 30 heteroatoms. The van der Waals surface area contributed by atoms with E-state index in [0.29, 0.717) is 97.8 Å². The first-order valence-electron chi connectivity index (χ1n) is 27.6. The fraction of sp³-hybridized carbons (Fsp3) is 0.441. The number of anilines is 1. The van der Waals surface area contributed by atoms with E-state index in [0.717, 1.165) is 13.0 Å². The molecule has 4 aromatic heterocycles. The van der Waals surface area contributed by atoms with Crippen molar-refractivity contribution in [3.8, 4) is 11.1 Å². The van der Waals surface area contributed by atoms with E-state index < -0.39 is 123 Å². The van der Waals surface area contributed by atoms with Gasteiger partial charge in [-0.05, 0) is 134 Å². The quantitative estimate of drug-likeness (QED) is 0.0553. The average Bonchev–Trinajstić information content (AvgIpc) is 1.75. The van der Waals surface area contributed by atoms with Crippen LogP contribution >= 0.6 is 22.6 Å². The Balaban J connectivity index is 0.000000288. The molecule has 1 aliphatic heterocycles. The number of hydrogen-bond donors (Lipinski definition) is 3. The van der Waals surface area contributed by atoms with Crippen LogP contribution in [-0.4, -0.2) is 94.1 Å². The van der Waals surface area contributed by atoms with Crippen molar-refractivity contribution < 1.29 is 80.9 Å². The number of alkyl halides is 12. The number of ether oxygens (including phenoxy) is 1. The van der Waals surface area contributed by atoms with Gasteiger partial charge in [0.1, 0.15) is 29.3 Å². The summed E-state index contributed by atoms with van der Waals surface area (Å²) in [7, 11) is 4.45. The Kier molecular flexibility index (Phi) is 25.7. The van der Waals surface area contributed by atoms with E-state index in [1.165, 1.54) is 108 Å². The predicted octanol–water partition coefficient (Wildman–Crippen LogP) is 12.2. The normalized spacial score (nSPS) is 15.0. The number of carboxylic acids is 1. The molecule has 13 nitrogen and oxygen atoms in total. The predicted molar refractivity (Wildman–Crippen MR) is 315 cm³/mol. The van der Waals surface area contributed by atoms with E-state index in [4.69, 9.17) is 4.74 Å². The number of aliphatic carboxylic acids is 1. The number of nitrogens with one attached hydrogen (secondary N) is 2. The van der Waals surface area contributed by atoms with E-state index in [1.807, 2.05) is 50.8 Å². The average molecular weight is 1390 g/mol. The van der Waals surface area contributed by atoms with Gasteiger partial charge in [0.15, 0.2) is 0 Å². The summed E-state index contributed by atoms with van der Waals surface area (Å²) >= 11 is 5.38. The molecule has 0 radical (unpaired) electrons. The van der Waals surface area contributed by atoms with Gasteiger partial charge in [0, 0.05) is 80.2 Å². The number of fused-ring (bicyclic) bond motifs is 4. The van der Waals surface area contributed by atoms with Crippen molar-refractivity contribution >= 4 is 84.6 Å². The zero-order valence-electron chi connectivity index (χ0n) is 48.0. The number of halogens is 15. The number of nitrogens with zero attached hydrogens (tertiary/aromatic N) is 4. The van der Waals surface area contributed by atoms with Crippen LogP contribution in [0, 0.1) is 21.8 Å². The zero-order valence-corrected chi connectivity index (χ0v) is 51.6. The summed E-state index contributed by atoms with van der Waals surface area (Å²) < 4.78 is 198. The molecular weight excluding hydrogens is 1330 g/mol. The van der Waals surface area contributed by atoms with Crippen molar-refractivity contribution in [1.29, 1.82) is 0 Å². The van der Waals surface area contributed by atoms with Crippen LogP contribution in [0.5, 0.6) is 0 Å². The van der Waals surface area contributed by atoms with Gasteiger partial charge >= 0.3 is 64.2 Å². The van der Waals surface area contributed by atoms with Gasteiger partial charge in [-0.2, -0.15) is 59.1 Å². The van der Waals surface area contributed by atoms with Gasteiger partial charge in [-0.3, -0.25) is 24.2 Å². The fourth-order valence-corrected chi connectivity index (χ4v) is 12.1. The molecule has 476 valence electrons. The molecule has 3 aliphatic carbocycles. The van der Waals surface area contributed by atoms with Crippen LogP contribution in [0.3, 0.4) is 0 Å². The third-order valence-electron chi connectivity index (χ3n) is 15.2. The van der Waals surface area contributed by atoms with Gasteiger partial charge in [0.05, 0.1) is 31.3 Å². The monoisotopic (exact) mass is 1390 g/mol. The van der Waals surface area contributed by atoms with E-state index in [1.54, 1.807) is 0 Å². The number of carbonyl (C=O) groups is 2. The molecule has 0 saturated carbocycles. The van der Waals surface area contributed by atoms with Crippen LogP contribution in [0.1, 0.15) is 126 Å². The molecule has 89 heavy (non-hydrogen) atoms. The Bertz CT molecular complexity index is 3720. The van der Waals surface area contributed by atoms with Crippen molar-refractivity contribution in [2.75, 3.05) is 11.9 Å². The van der Waals surface area contributed by atoms with Gasteiger partial charge in [-0.15, -0.1) is 0 Å². The van der Waals surface area contributed by atoms with Crippen molar-refractivity contribution in [1.82, 2.24) is 24.0 Å². The number of carboxylic acid groups (broad SMARTS) is 1. The molecule has 4 aliphatic rings. The third kappa shape index (κ3) is 17.2. The van der Waals surface area contributed by atoms with Gasteiger partial charge < -0.3 is 34.2 Å². The number of aromatic nitrogens is 4. The summed E-state index contributed by atoms with van der Waals surface area (Å²) in [6.45, 7) is 4.04. The Morgan fingerprint density at radius 1 is 0.742 bits per heavy atom. The summed E-state index contributed by atoms with van der Waals surface area (Å²) in [5.41, 5.74) is -5.07. The van der Waals surface area contributed by atoms with Gasteiger partial charge in [-0.25, -0.2) is 20.2 Å². The standard InChI is InChI=1S/C33H28F8N4O4.C10H9F3INO.C10H10F3NO.C5H9O.CH4.Li.Mg/c1-3-24(32(36,37)38)43-16-13-20(34)26(21(35)14-16)29(46)44-22(31(48)49)12-15-9-10-19(28-17(15)7-5-11-42-28)25-27(33(39,40)41)18-6-4-8-23(18)45(2)30(25)47;1-15-6-4-2-3-5(6)7(10(11,12)13)8(14)9(15)16;1-14-8-4-2-3-6(8)7(5-9(14)15)10(11,12)13;1-2-4-6-5-3-1;;;/h5,7,9-11,13-14,22,24,43H,3-4,6,8,12H2,1-2H3,(H,44,46)(H,48,49);2-4H2,1H3;5H,2-4H2,1H3;4H,1-3,5H2;1H4;;/q;;;-1;;;+1/t22-,24+;;;;;;/m0....../s1. The van der Waals surface area contributed by atoms with Gasteiger partial charge in [-0.1, -0.05) is 39.0 Å². The number of carbonyl (C=O) groups excluding carboxylic acids is 1. The summed E-state index contributed by atoms with van der Waals surface area (Å²) in [6.07, 6.45) is -10.3. The Hall–Kier alpha value is -5.49. The van der Waals surface area contributed by atoms with E-state index in [2.05, 4.69) is 4.98 Å². The van der Waals surface area contributed by atoms with Crippen LogP contribution in [0.2, 0.25) is 0 Å². The minimum absolute atomic E-state index is 0. The molecule has 0 unspecified atom stereocenters. The Labute approximate surface area is 534 Å². The molecule has 6 aromatic rings. The summed E-state index contributed by atoms with van der Waals surface area (Å²) in [5, 5.41) is 14.0. The van der Waals surface area contributed by atoms with Crippen LogP contribution in [-0.2, 0) is 94.1 Å². The molecule has 10 rings (SSSR count). The number of hydrogen-bond acceptors (Lipinski definition) is 8. The van der Waals surface area contributed by atoms with Crippen LogP contribution in [0.4, 0.5) is 67.2 Å². The Morgan fingerprint density at radius 2 is 1.28 bits per heavy atom. The summed E-state index contributed by atoms with van der Waals surface area (Å²) in [6, 6.07) is 3.01. The van der Waals surface area contributed by atoms with Gasteiger partial charge in [0.25, 0.3) is 22.6 Å². The summed E-state index contributed by atoms with van der Waals surface area (Å²) in [4.78, 5) is 65.7. The maximum atomic E-state index is 14.9. The topological polar surface area (TPSA) is 167 Å². The van der Waals surface area contributed by atoms with Crippen LogP contribution in [0.25, 0.3) is 22.0 Å². The number of amides is 1. The maximum absolute atomic E-state index is 14.9. The third-order valence-corrected chi connectivity index (χ3v) is 16.2. The van der Waals surface area contributed by atoms with Gasteiger partial charge in [0.2, 0.25) is 0 Å². The van der Waals surface area contributed by atoms with Crippen molar-refractivity contribution in [2.24, 2.45) is 21.1 Å². The number of pyridine rings is 4. The minimum atomic E-state index is -4.88. The molecular formula is C59H60F14ILiMgN6O7. The molecule has 0 bridgehead atoms. The Morgan fingerprint density at radius 3 is 1.75 bits per heavy atom. The molecule has 2 aromatic carbocycles. The molecule has 1 fully saturated rings. The zero-order chi connectivity index (χ0) is 65.5.